The average Bonchev–Trinajstić information content (AvgIpc) is 2.37. The van der Waals surface area contributed by atoms with Gasteiger partial charge in [0.2, 0.25) is 5.91 Å². The van der Waals surface area contributed by atoms with Crippen molar-refractivity contribution in [3.63, 3.8) is 0 Å². The molecule has 0 heterocycles. The fourth-order valence-corrected chi connectivity index (χ4v) is 1.56. The molecule has 3 heteroatoms. The fraction of sp³-hybridized carbons (Fsp3) is 0.500. The molecule has 0 bridgehead atoms. The first-order chi connectivity index (χ1) is 8.22. The van der Waals surface area contributed by atoms with Crippen LogP contribution in [0.2, 0.25) is 0 Å². The van der Waals surface area contributed by atoms with Crippen LogP contribution in [0.15, 0.2) is 30.3 Å². The van der Waals surface area contributed by atoms with E-state index in [0.29, 0.717) is 25.4 Å². The molecule has 0 aromatic heterocycles. The van der Waals surface area contributed by atoms with Crippen LogP contribution in [-0.4, -0.2) is 19.0 Å². The molecule has 1 aromatic carbocycles. The topological polar surface area (TPSA) is 55.1 Å². The zero-order valence-corrected chi connectivity index (χ0v) is 10.5. The molecular weight excluding hydrogens is 212 g/mol. The van der Waals surface area contributed by atoms with E-state index in [9.17, 15) is 4.79 Å². The van der Waals surface area contributed by atoms with E-state index in [1.807, 2.05) is 25.1 Å². The van der Waals surface area contributed by atoms with E-state index in [-0.39, 0.29) is 5.91 Å². The number of nitrogens with two attached hydrogens (primary N) is 1. The first-order valence-electron chi connectivity index (χ1n) is 6.23. The number of benzene rings is 1. The van der Waals surface area contributed by atoms with E-state index in [2.05, 4.69) is 17.4 Å². The van der Waals surface area contributed by atoms with Crippen LogP contribution >= 0.6 is 0 Å². The van der Waals surface area contributed by atoms with Crippen molar-refractivity contribution in [2.75, 3.05) is 13.1 Å². The smallest absolute Gasteiger partial charge is 0.220 e. The Morgan fingerprint density at radius 2 is 2.06 bits per heavy atom. The van der Waals surface area contributed by atoms with E-state index in [1.54, 1.807) is 0 Å². The van der Waals surface area contributed by atoms with Gasteiger partial charge in [-0.15, -0.1) is 0 Å². The summed E-state index contributed by atoms with van der Waals surface area (Å²) in [6.07, 6.45) is 2.44. The van der Waals surface area contributed by atoms with Crippen LogP contribution in [0, 0.1) is 5.92 Å². The number of hydrogen-bond acceptors (Lipinski definition) is 2. The fourth-order valence-electron chi connectivity index (χ4n) is 1.56. The normalized spacial score (nSPS) is 12.1. The van der Waals surface area contributed by atoms with Crippen LogP contribution in [0.25, 0.3) is 0 Å². The van der Waals surface area contributed by atoms with E-state index in [1.165, 1.54) is 5.56 Å². The largest absolute Gasteiger partial charge is 0.356 e. The quantitative estimate of drug-likeness (QED) is 0.754. The summed E-state index contributed by atoms with van der Waals surface area (Å²) in [5.41, 5.74) is 6.77. The van der Waals surface area contributed by atoms with Crippen LogP contribution in [-0.2, 0) is 11.2 Å². The van der Waals surface area contributed by atoms with Crippen molar-refractivity contribution in [1.82, 2.24) is 5.32 Å². The molecule has 1 amide bonds. The second kappa shape index (κ2) is 7.85. The molecule has 1 atom stereocenters. The van der Waals surface area contributed by atoms with Gasteiger partial charge in [0.25, 0.3) is 0 Å². The molecule has 1 unspecified atom stereocenters. The highest BCUT2D eigenvalue weighted by Crippen LogP contribution is 2.04. The van der Waals surface area contributed by atoms with Crippen LogP contribution in [0.1, 0.15) is 25.3 Å². The molecule has 0 aliphatic heterocycles. The molecule has 17 heavy (non-hydrogen) atoms. The average molecular weight is 234 g/mol. The Kier molecular flexibility index (Phi) is 6.33. The van der Waals surface area contributed by atoms with Gasteiger partial charge in [0, 0.05) is 13.0 Å². The molecule has 1 rings (SSSR count). The summed E-state index contributed by atoms with van der Waals surface area (Å²) in [4.78, 5) is 11.5. The van der Waals surface area contributed by atoms with Crippen molar-refractivity contribution in [1.29, 1.82) is 0 Å². The van der Waals surface area contributed by atoms with Gasteiger partial charge in [-0.3, -0.25) is 4.79 Å². The molecule has 0 aliphatic rings. The number of hydrogen-bond donors (Lipinski definition) is 2. The first kappa shape index (κ1) is 13.7. The van der Waals surface area contributed by atoms with E-state index < -0.39 is 0 Å². The van der Waals surface area contributed by atoms with Crippen LogP contribution in [0.4, 0.5) is 0 Å². The second-order valence-electron chi connectivity index (χ2n) is 4.48. The van der Waals surface area contributed by atoms with Gasteiger partial charge in [0.05, 0.1) is 0 Å². The zero-order valence-electron chi connectivity index (χ0n) is 10.5. The predicted octanol–water partition coefficient (Wildman–Crippen LogP) is 1.72. The van der Waals surface area contributed by atoms with Crippen molar-refractivity contribution in [2.24, 2.45) is 11.7 Å². The number of amides is 1. The second-order valence-corrected chi connectivity index (χ2v) is 4.48. The van der Waals surface area contributed by atoms with E-state index in [4.69, 9.17) is 5.73 Å². The van der Waals surface area contributed by atoms with Gasteiger partial charge in [0.15, 0.2) is 0 Å². The minimum Gasteiger partial charge on any atom is -0.356 e. The van der Waals surface area contributed by atoms with Crippen molar-refractivity contribution >= 4 is 5.91 Å². The lowest BCUT2D eigenvalue weighted by atomic mass is 10.1. The van der Waals surface area contributed by atoms with Crippen molar-refractivity contribution in [2.45, 2.75) is 26.2 Å². The number of rotatable bonds is 7. The summed E-state index contributed by atoms with van der Waals surface area (Å²) >= 11 is 0. The third-order valence-electron chi connectivity index (χ3n) is 2.76. The van der Waals surface area contributed by atoms with Gasteiger partial charge in [-0.1, -0.05) is 37.3 Å². The molecule has 0 radical (unpaired) electrons. The highest BCUT2D eigenvalue weighted by atomic mass is 16.1. The molecule has 0 saturated heterocycles. The Bertz CT molecular complexity index is 324. The SMILES string of the molecule is CC(CN)CNC(=O)CCCc1ccccc1. The third-order valence-corrected chi connectivity index (χ3v) is 2.76. The van der Waals surface area contributed by atoms with Crippen LogP contribution in [0.3, 0.4) is 0 Å². The van der Waals surface area contributed by atoms with Crippen LogP contribution < -0.4 is 11.1 Å². The molecule has 0 spiro atoms. The molecule has 0 fully saturated rings. The monoisotopic (exact) mass is 234 g/mol. The number of carbonyl (C=O) groups is 1. The highest BCUT2D eigenvalue weighted by Gasteiger charge is 2.03. The molecular formula is C14H22N2O. The maximum absolute atomic E-state index is 11.5. The van der Waals surface area contributed by atoms with E-state index >= 15 is 0 Å². The minimum atomic E-state index is 0.126. The zero-order chi connectivity index (χ0) is 12.5. The number of nitrogens with one attached hydrogen (secondary N) is 1. The summed E-state index contributed by atoms with van der Waals surface area (Å²) in [6.45, 7) is 3.33. The van der Waals surface area contributed by atoms with Gasteiger partial charge in [0.1, 0.15) is 0 Å². The Morgan fingerprint density at radius 1 is 1.35 bits per heavy atom. The summed E-state index contributed by atoms with van der Waals surface area (Å²) in [6, 6.07) is 10.2. The Hall–Kier alpha value is -1.35. The van der Waals surface area contributed by atoms with Crippen molar-refractivity contribution in [3.8, 4) is 0 Å². The van der Waals surface area contributed by atoms with Gasteiger partial charge in [-0.25, -0.2) is 0 Å². The molecule has 0 saturated carbocycles. The lowest BCUT2D eigenvalue weighted by Gasteiger charge is -2.09. The summed E-state index contributed by atoms with van der Waals surface area (Å²) < 4.78 is 0. The van der Waals surface area contributed by atoms with Gasteiger partial charge in [-0.05, 0) is 30.9 Å². The molecule has 94 valence electrons. The van der Waals surface area contributed by atoms with Gasteiger partial charge >= 0.3 is 0 Å². The van der Waals surface area contributed by atoms with Crippen molar-refractivity contribution < 1.29 is 4.79 Å². The van der Waals surface area contributed by atoms with Gasteiger partial charge < -0.3 is 11.1 Å². The Labute approximate surface area is 103 Å². The summed E-state index contributed by atoms with van der Waals surface area (Å²) in [5.74, 6) is 0.481. The molecule has 1 aromatic rings. The lowest BCUT2D eigenvalue weighted by Crippen LogP contribution is -2.31. The Morgan fingerprint density at radius 3 is 2.71 bits per heavy atom. The van der Waals surface area contributed by atoms with Crippen molar-refractivity contribution in [3.05, 3.63) is 35.9 Å². The lowest BCUT2D eigenvalue weighted by molar-refractivity contribution is -0.121. The molecule has 0 aliphatic carbocycles. The standard InChI is InChI=1S/C14H22N2O/c1-12(10-15)11-16-14(17)9-5-8-13-6-3-2-4-7-13/h2-4,6-7,12H,5,8-11,15H2,1H3,(H,16,17). The summed E-state index contributed by atoms with van der Waals surface area (Å²) in [7, 11) is 0. The maximum Gasteiger partial charge on any atom is 0.220 e. The number of carbonyl (C=O) groups excluding carboxylic acids is 1. The first-order valence-corrected chi connectivity index (χ1v) is 6.23. The predicted molar refractivity (Wildman–Crippen MR) is 70.6 cm³/mol. The van der Waals surface area contributed by atoms with Gasteiger partial charge in [-0.2, -0.15) is 0 Å². The molecule has 3 nitrogen and oxygen atoms in total. The highest BCUT2D eigenvalue weighted by molar-refractivity contribution is 5.75. The summed E-state index contributed by atoms with van der Waals surface area (Å²) in [5, 5.41) is 2.90. The third kappa shape index (κ3) is 6.07. The number of aryl methyl sites for hydroxylation is 1. The molecule has 3 N–H and O–H groups in total. The van der Waals surface area contributed by atoms with Crippen LogP contribution in [0.5, 0.6) is 0 Å². The maximum atomic E-state index is 11.5. The van der Waals surface area contributed by atoms with E-state index in [0.717, 1.165) is 12.8 Å². The minimum absolute atomic E-state index is 0.126. The Balaban J connectivity index is 2.12.